The van der Waals surface area contributed by atoms with Crippen LogP contribution in [0.3, 0.4) is 0 Å². The van der Waals surface area contributed by atoms with Crippen LogP contribution < -0.4 is 5.32 Å². The van der Waals surface area contributed by atoms with Gasteiger partial charge in [-0.2, -0.15) is 0 Å². The van der Waals surface area contributed by atoms with E-state index in [1.807, 2.05) is 0 Å². The van der Waals surface area contributed by atoms with Crippen molar-refractivity contribution in [3.05, 3.63) is 0 Å². The van der Waals surface area contributed by atoms with Crippen molar-refractivity contribution in [2.75, 3.05) is 41.3 Å². The highest BCUT2D eigenvalue weighted by Crippen LogP contribution is 1.91. The second-order valence-electron chi connectivity index (χ2n) is 4.28. The standard InChI is InChI=1S/C10H25N3/c1-9(12(3)4)7-11-8-10(2)13(5)6/h9-11H,7-8H2,1-6H3. The monoisotopic (exact) mass is 187 g/mol. The first-order chi connectivity index (χ1) is 5.95. The van der Waals surface area contributed by atoms with E-state index >= 15 is 0 Å². The van der Waals surface area contributed by atoms with Crippen molar-refractivity contribution in [2.24, 2.45) is 0 Å². The molecule has 0 aliphatic rings. The number of nitrogens with zero attached hydrogens (tertiary/aromatic N) is 2. The average molecular weight is 187 g/mol. The number of likely N-dealkylation sites (N-methyl/N-ethyl adjacent to an activating group) is 2. The fourth-order valence-electron chi connectivity index (χ4n) is 0.866. The van der Waals surface area contributed by atoms with Crippen molar-refractivity contribution in [1.82, 2.24) is 15.1 Å². The molecule has 3 heteroatoms. The van der Waals surface area contributed by atoms with Crippen LogP contribution >= 0.6 is 0 Å². The van der Waals surface area contributed by atoms with Crippen molar-refractivity contribution >= 4 is 0 Å². The number of nitrogens with one attached hydrogen (secondary N) is 1. The molecule has 0 amide bonds. The van der Waals surface area contributed by atoms with Crippen molar-refractivity contribution in [2.45, 2.75) is 25.9 Å². The second kappa shape index (κ2) is 6.35. The van der Waals surface area contributed by atoms with E-state index in [-0.39, 0.29) is 0 Å². The van der Waals surface area contributed by atoms with Crippen molar-refractivity contribution in [3.63, 3.8) is 0 Å². The minimum absolute atomic E-state index is 0.606. The Balaban J connectivity index is 3.45. The third kappa shape index (κ3) is 6.02. The first-order valence-corrected chi connectivity index (χ1v) is 4.98. The molecule has 0 aliphatic carbocycles. The first kappa shape index (κ1) is 12.9. The lowest BCUT2D eigenvalue weighted by atomic mass is 10.3. The normalized spacial score (nSPS) is 16.6. The lowest BCUT2D eigenvalue weighted by Crippen LogP contribution is -2.41. The minimum Gasteiger partial charge on any atom is -0.314 e. The van der Waals surface area contributed by atoms with Gasteiger partial charge in [0.1, 0.15) is 0 Å². The van der Waals surface area contributed by atoms with Crippen LogP contribution in [0.25, 0.3) is 0 Å². The Bertz CT molecular complexity index is 109. The first-order valence-electron chi connectivity index (χ1n) is 4.98. The van der Waals surface area contributed by atoms with E-state index in [0.29, 0.717) is 12.1 Å². The summed E-state index contributed by atoms with van der Waals surface area (Å²) in [5, 5.41) is 3.46. The van der Waals surface area contributed by atoms with Crippen LogP contribution in [0.4, 0.5) is 0 Å². The summed E-state index contributed by atoms with van der Waals surface area (Å²) in [4.78, 5) is 4.46. The maximum absolute atomic E-state index is 3.46. The molecule has 0 aromatic rings. The van der Waals surface area contributed by atoms with Gasteiger partial charge in [-0.25, -0.2) is 0 Å². The largest absolute Gasteiger partial charge is 0.314 e. The van der Waals surface area contributed by atoms with Crippen LogP contribution in [-0.2, 0) is 0 Å². The molecule has 3 nitrogen and oxygen atoms in total. The van der Waals surface area contributed by atoms with Crippen LogP contribution in [0.2, 0.25) is 0 Å². The summed E-state index contributed by atoms with van der Waals surface area (Å²) < 4.78 is 0. The van der Waals surface area contributed by atoms with E-state index < -0.39 is 0 Å². The van der Waals surface area contributed by atoms with E-state index in [0.717, 1.165) is 13.1 Å². The van der Waals surface area contributed by atoms with E-state index in [2.05, 4.69) is 57.2 Å². The molecule has 13 heavy (non-hydrogen) atoms. The van der Waals surface area contributed by atoms with Gasteiger partial charge in [-0.1, -0.05) is 0 Å². The highest BCUT2D eigenvalue weighted by atomic mass is 15.1. The number of hydrogen-bond donors (Lipinski definition) is 1. The molecule has 1 N–H and O–H groups in total. The summed E-state index contributed by atoms with van der Waals surface area (Å²) in [6, 6.07) is 1.21. The maximum Gasteiger partial charge on any atom is 0.0186 e. The molecule has 80 valence electrons. The Morgan fingerprint density at radius 1 is 0.846 bits per heavy atom. The smallest absolute Gasteiger partial charge is 0.0186 e. The second-order valence-corrected chi connectivity index (χ2v) is 4.28. The summed E-state index contributed by atoms with van der Waals surface area (Å²) >= 11 is 0. The third-order valence-electron chi connectivity index (χ3n) is 2.64. The van der Waals surface area contributed by atoms with Crippen LogP contribution in [0.15, 0.2) is 0 Å². The van der Waals surface area contributed by atoms with Crippen LogP contribution in [0.5, 0.6) is 0 Å². The zero-order chi connectivity index (χ0) is 10.4. The highest BCUT2D eigenvalue weighted by molar-refractivity contribution is 4.67. The summed E-state index contributed by atoms with van der Waals surface area (Å²) in [5.74, 6) is 0. The predicted octanol–water partition coefficient (Wildman–Crippen LogP) is 0.476. The van der Waals surface area contributed by atoms with E-state index in [1.54, 1.807) is 0 Å². The predicted molar refractivity (Wildman–Crippen MR) is 59.2 cm³/mol. The van der Waals surface area contributed by atoms with E-state index in [1.165, 1.54) is 0 Å². The number of hydrogen-bond acceptors (Lipinski definition) is 3. The molecule has 0 spiro atoms. The van der Waals surface area contributed by atoms with Gasteiger partial charge in [0.2, 0.25) is 0 Å². The molecule has 2 unspecified atom stereocenters. The Kier molecular flexibility index (Phi) is 6.29. The topological polar surface area (TPSA) is 18.5 Å². The molecule has 0 radical (unpaired) electrons. The van der Waals surface area contributed by atoms with Gasteiger partial charge >= 0.3 is 0 Å². The summed E-state index contributed by atoms with van der Waals surface area (Å²) in [6.45, 7) is 6.58. The Morgan fingerprint density at radius 3 is 1.38 bits per heavy atom. The fraction of sp³-hybridized carbons (Fsp3) is 1.00. The third-order valence-corrected chi connectivity index (χ3v) is 2.64. The molecule has 0 saturated heterocycles. The fourth-order valence-corrected chi connectivity index (χ4v) is 0.866. The quantitative estimate of drug-likeness (QED) is 0.652. The van der Waals surface area contributed by atoms with Gasteiger partial charge < -0.3 is 15.1 Å². The van der Waals surface area contributed by atoms with Gasteiger partial charge in [-0.3, -0.25) is 0 Å². The number of rotatable bonds is 6. The molecule has 0 heterocycles. The molecule has 0 aromatic heterocycles. The van der Waals surface area contributed by atoms with Gasteiger partial charge in [0.25, 0.3) is 0 Å². The summed E-state index contributed by atoms with van der Waals surface area (Å²) in [7, 11) is 8.45. The lowest BCUT2D eigenvalue weighted by molar-refractivity contribution is 0.272. The molecule has 2 atom stereocenters. The van der Waals surface area contributed by atoms with Crippen LogP contribution in [0.1, 0.15) is 13.8 Å². The zero-order valence-corrected chi connectivity index (χ0v) is 9.96. The zero-order valence-electron chi connectivity index (χ0n) is 9.96. The summed E-state index contributed by atoms with van der Waals surface area (Å²) in [6.07, 6.45) is 0. The molecule has 0 bridgehead atoms. The van der Waals surface area contributed by atoms with Gasteiger partial charge in [0.05, 0.1) is 0 Å². The van der Waals surface area contributed by atoms with Gasteiger partial charge in [0, 0.05) is 25.2 Å². The van der Waals surface area contributed by atoms with E-state index in [4.69, 9.17) is 0 Å². The van der Waals surface area contributed by atoms with Gasteiger partial charge in [-0.05, 0) is 42.0 Å². The van der Waals surface area contributed by atoms with E-state index in [9.17, 15) is 0 Å². The average Bonchev–Trinajstić information content (AvgIpc) is 2.03. The van der Waals surface area contributed by atoms with Crippen LogP contribution in [-0.4, -0.2) is 63.2 Å². The highest BCUT2D eigenvalue weighted by Gasteiger charge is 2.06. The Morgan fingerprint density at radius 2 is 1.15 bits per heavy atom. The molecular formula is C10H25N3. The Hall–Kier alpha value is -0.120. The maximum atomic E-state index is 3.46. The van der Waals surface area contributed by atoms with Crippen molar-refractivity contribution in [1.29, 1.82) is 0 Å². The lowest BCUT2D eigenvalue weighted by Gasteiger charge is -2.24. The van der Waals surface area contributed by atoms with Gasteiger partial charge in [-0.15, -0.1) is 0 Å². The molecule has 0 saturated carbocycles. The molecule has 0 fully saturated rings. The SMILES string of the molecule is CC(CNCC(C)N(C)C)N(C)C. The summed E-state index contributed by atoms with van der Waals surface area (Å²) in [5.41, 5.74) is 0. The Labute approximate surface area is 83.1 Å². The van der Waals surface area contributed by atoms with Crippen molar-refractivity contribution in [3.8, 4) is 0 Å². The molecule has 0 aromatic carbocycles. The molecule has 0 rings (SSSR count). The minimum atomic E-state index is 0.606. The van der Waals surface area contributed by atoms with Crippen molar-refractivity contribution < 1.29 is 0 Å². The van der Waals surface area contributed by atoms with Gasteiger partial charge in [0.15, 0.2) is 0 Å². The molecular weight excluding hydrogens is 162 g/mol. The van der Waals surface area contributed by atoms with Crippen LogP contribution in [0, 0.1) is 0 Å². The molecule has 0 aliphatic heterocycles.